The van der Waals surface area contributed by atoms with Gasteiger partial charge in [0, 0.05) is 19.3 Å². The second-order valence-electron chi connectivity index (χ2n) is 19.2. The van der Waals surface area contributed by atoms with E-state index < -0.39 is 6.10 Å². The Morgan fingerprint density at radius 1 is 0.308 bits per heavy atom. The van der Waals surface area contributed by atoms with Gasteiger partial charge in [-0.2, -0.15) is 0 Å². The van der Waals surface area contributed by atoms with E-state index in [9.17, 15) is 14.4 Å². The quantitative estimate of drug-likeness (QED) is 0.0199. The minimum Gasteiger partial charge on any atom is -0.462 e. The predicted octanol–water partition coefficient (Wildman–Crippen LogP) is 18.9. The van der Waals surface area contributed by atoms with Crippen molar-refractivity contribution in [3.05, 3.63) is 36.5 Å². The lowest BCUT2D eigenvalue weighted by atomic mass is 10.1. The Balaban J connectivity index is 4.30. The van der Waals surface area contributed by atoms with Crippen LogP contribution in [0.15, 0.2) is 36.5 Å². The molecule has 0 aromatic carbocycles. The summed E-state index contributed by atoms with van der Waals surface area (Å²) in [6.07, 6.45) is 64.2. The Labute approximate surface area is 404 Å². The molecule has 0 aliphatic rings. The SMILES string of the molecule is CCCCC/C=C\C=C/CCCCCCCCCCCCC(=O)OCC(COC(=O)CCCCCCCCCCCC)OC(=O)CCCCCCC/C=C\CCCCCCCCCCC. The van der Waals surface area contributed by atoms with Crippen molar-refractivity contribution in [2.24, 2.45) is 0 Å². The van der Waals surface area contributed by atoms with Crippen LogP contribution in [0, 0.1) is 0 Å². The van der Waals surface area contributed by atoms with Gasteiger partial charge in [0.15, 0.2) is 6.10 Å². The van der Waals surface area contributed by atoms with Crippen molar-refractivity contribution in [1.82, 2.24) is 0 Å². The van der Waals surface area contributed by atoms with Crippen LogP contribution in [0.3, 0.4) is 0 Å². The fraction of sp³-hybridized carbons (Fsp3) is 0.847. The largest absolute Gasteiger partial charge is 0.462 e. The summed E-state index contributed by atoms with van der Waals surface area (Å²) >= 11 is 0. The summed E-state index contributed by atoms with van der Waals surface area (Å²) in [6, 6.07) is 0. The van der Waals surface area contributed by atoms with Crippen molar-refractivity contribution >= 4 is 17.9 Å². The molecule has 380 valence electrons. The third kappa shape index (κ3) is 52.5. The molecule has 0 rings (SSSR count). The third-order valence-electron chi connectivity index (χ3n) is 12.6. The normalized spacial score (nSPS) is 12.2. The van der Waals surface area contributed by atoms with Crippen LogP contribution in [0.5, 0.6) is 0 Å². The van der Waals surface area contributed by atoms with Crippen molar-refractivity contribution in [3.8, 4) is 0 Å². The van der Waals surface area contributed by atoms with Gasteiger partial charge in [-0.1, -0.05) is 250 Å². The Morgan fingerprint density at radius 2 is 0.554 bits per heavy atom. The van der Waals surface area contributed by atoms with E-state index in [0.717, 1.165) is 64.2 Å². The zero-order valence-corrected chi connectivity index (χ0v) is 43.5. The molecule has 0 heterocycles. The summed E-state index contributed by atoms with van der Waals surface area (Å²) in [5, 5.41) is 0. The number of ether oxygens (including phenoxy) is 3. The van der Waals surface area contributed by atoms with Gasteiger partial charge in [-0.3, -0.25) is 14.4 Å². The fourth-order valence-electron chi connectivity index (χ4n) is 8.31. The number of rotatable bonds is 52. The molecule has 0 aliphatic carbocycles. The van der Waals surface area contributed by atoms with E-state index in [1.807, 2.05) is 0 Å². The van der Waals surface area contributed by atoms with Gasteiger partial charge < -0.3 is 14.2 Å². The Hall–Kier alpha value is -2.37. The van der Waals surface area contributed by atoms with Crippen molar-refractivity contribution < 1.29 is 28.6 Å². The fourth-order valence-corrected chi connectivity index (χ4v) is 8.31. The van der Waals surface area contributed by atoms with E-state index in [0.29, 0.717) is 19.3 Å². The van der Waals surface area contributed by atoms with Gasteiger partial charge >= 0.3 is 17.9 Å². The zero-order chi connectivity index (χ0) is 47.2. The number of hydrogen-bond acceptors (Lipinski definition) is 6. The number of carbonyl (C=O) groups is 3. The summed E-state index contributed by atoms with van der Waals surface area (Å²) < 4.78 is 16.8. The van der Waals surface area contributed by atoms with Crippen molar-refractivity contribution in [2.45, 2.75) is 309 Å². The predicted molar refractivity (Wildman–Crippen MR) is 279 cm³/mol. The molecule has 65 heavy (non-hydrogen) atoms. The van der Waals surface area contributed by atoms with Crippen molar-refractivity contribution in [1.29, 1.82) is 0 Å². The maximum Gasteiger partial charge on any atom is 0.306 e. The smallest absolute Gasteiger partial charge is 0.306 e. The van der Waals surface area contributed by atoms with Crippen molar-refractivity contribution in [2.75, 3.05) is 13.2 Å². The molecule has 0 saturated heterocycles. The number of hydrogen-bond donors (Lipinski definition) is 0. The van der Waals surface area contributed by atoms with E-state index in [1.165, 1.54) is 199 Å². The Bertz CT molecular complexity index is 1090. The van der Waals surface area contributed by atoms with Crippen molar-refractivity contribution in [3.63, 3.8) is 0 Å². The second-order valence-corrected chi connectivity index (χ2v) is 19.2. The average molecular weight is 914 g/mol. The standard InChI is InChI=1S/C59H108O6/c1-4-7-10-13-16-19-22-24-26-28-30-32-33-35-37-40-43-46-49-52-58(61)64-55-56(54-63-57(60)51-48-45-42-39-21-18-15-12-9-6-3)65-59(62)53-50-47-44-41-38-36-34-31-29-27-25-23-20-17-14-11-8-5-2/h16,19,22,24,31,34,56H,4-15,17-18,20-21,23,25-30,32-33,35-55H2,1-3H3/b19-16-,24-22-,34-31-. The summed E-state index contributed by atoms with van der Waals surface area (Å²) in [5.74, 6) is -0.872. The van der Waals surface area contributed by atoms with Gasteiger partial charge in [-0.15, -0.1) is 0 Å². The van der Waals surface area contributed by atoms with Gasteiger partial charge in [0.25, 0.3) is 0 Å². The van der Waals surface area contributed by atoms with Gasteiger partial charge in [0.1, 0.15) is 13.2 Å². The lowest BCUT2D eigenvalue weighted by molar-refractivity contribution is -0.167. The number of unbranched alkanes of at least 4 members (excludes halogenated alkanes) is 36. The Morgan fingerprint density at radius 3 is 0.892 bits per heavy atom. The molecule has 0 N–H and O–H groups in total. The maximum atomic E-state index is 12.8. The highest BCUT2D eigenvalue weighted by molar-refractivity contribution is 5.71. The highest BCUT2D eigenvalue weighted by atomic mass is 16.6. The van der Waals surface area contributed by atoms with Crippen LogP contribution in [-0.4, -0.2) is 37.2 Å². The third-order valence-corrected chi connectivity index (χ3v) is 12.6. The molecule has 0 aromatic heterocycles. The lowest BCUT2D eigenvalue weighted by Crippen LogP contribution is -2.30. The maximum absolute atomic E-state index is 12.8. The highest BCUT2D eigenvalue weighted by Crippen LogP contribution is 2.16. The Kier molecular flexibility index (Phi) is 52.3. The first-order valence-electron chi connectivity index (χ1n) is 28.5. The lowest BCUT2D eigenvalue weighted by Gasteiger charge is -2.18. The van der Waals surface area contributed by atoms with E-state index >= 15 is 0 Å². The zero-order valence-electron chi connectivity index (χ0n) is 43.5. The van der Waals surface area contributed by atoms with Crippen LogP contribution in [0.25, 0.3) is 0 Å². The van der Waals surface area contributed by atoms with Crippen LogP contribution >= 0.6 is 0 Å². The van der Waals surface area contributed by atoms with Crippen LogP contribution < -0.4 is 0 Å². The molecule has 0 bridgehead atoms. The molecule has 6 heteroatoms. The van der Waals surface area contributed by atoms with Crippen LogP contribution in [0.4, 0.5) is 0 Å². The molecule has 0 spiro atoms. The molecule has 1 atom stereocenters. The van der Waals surface area contributed by atoms with Gasteiger partial charge in [-0.25, -0.2) is 0 Å². The molecule has 0 amide bonds. The van der Waals surface area contributed by atoms with Gasteiger partial charge in [0.2, 0.25) is 0 Å². The minimum atomic E-state index is -0.774. The first-order valence-corrected chi connectivity index (χ1v) is 28.5. The molecular weight excluding hydrogens is 805 g/mol. The molecule has 0 radical (unpaired) electrons. The first-order chi connectivity index (χ1) is 32.0. The number of carbonyl (C=O) groups excluding carboxylic acids is 3. The van der Waals surface area contributed by atoms with E-state index in [-0.39, 0.29) is 31.1 Å². The van der Waals surface area contributed by atoms with Gasteiger partial charge in [0.05, 0.1) is 0 Å². The number of esters is 3. The summed E-state index contributed by atoms with van der Waals surface area (Å²) in [6.45, 7) is 6.62. The van der Waals surface area contributed by atoms with Crippen LogP contribution in [0.2, 0.25) is 0 Å². The monoisotopic (exact) mass is 913 g/mol. The van der Waals surface area contributed by atoms with Crippen LogP contribution in [0.1, 0.15) is 303 Å². The minimum absolute atomic E-state index is 0.0733. The highest BCUT2D eigenvalue weighted by Gasteiger charge is 2.19. The molecule has 6 nitrogen and oxygen atoms in total. The van der Waals surface area contributed by atoms with E-state index in [4.69, 9.17) is 14.2 Å². The summed E-state index contributed by atoms with van der Waals surface area (Å²) in [7, 11) is 0. The first kappa shape index (κ1) is 62.6. The number of allylic oxidation sites excluding steroid dienone is 6. The average Bonchev–Trinajstić information content (AvgIpc) is 3.30. The molecule has 0 aliphatic heterocycles. The molecular formula is C59H108O6. The molecule has 0 saturated carbocycles. The van der Waals surface area contributed by atoms with E-state index in [1.54, 1.807) is 0 Å². The van der Waals surface area contributed by atoms with Crippen LogP contribution in [-0.2, 0) is 28.6 Å². The molecule has 0 aromatic rings. The van der Waals surface area contributed by atoms with E-state index in [2.05, 4.69) is 57.2 Å². The summed E-state index contributed by atoms with van der Waals surface area (Å²) in [4.78, 5) is 38.0. The molecule has 0 fully saturated rings. The summed E-state index contributed by atoms with van der Waals surface area (Å²) in [5.41, 5.74) is 0. The second kappa shape index (κ2) is 54.2. The molecule has 1 unspecified atom stereocenters. The topological polar surface area (TPSA) is 78.9 Å². The van der Waals surface area contributed by atoms with Gasteiger partial charge in [-0.05, 0) is 70.6 Å².